The highest BCUT2D eigenvalue weighted by molar-refractivity contribution is 5.67. The van der Waals surface area contributed by atoms with Crippen molar-refractivity contribution in [2.75, 3.05) is 39.5 Å². The van der Waals surface area contributed by atoms with Crippen molar-refractivity contribution in [1.82, 2.24) is 4.90 Å². The molecule has 0 aliphatic heterocycles. The number of amides is 1. The lowest BCUT2D eigenvalue weighted by Crippen LogP contribution is -2.41. The van der Waals surface area contributed by atoms with Gasteiger partial charge in [0, 0.05) is 13.2 Å². The summed E-state index contributed by atoms with van der Waals surface area (Å²) in [5, 5.41) is 19.6. The number of hydrogen-bond donors (Lipinski definition) is 2. The Labute approximate surface area is 223 Å². The van der Waals surface area contributed by atoms with E-state index in [2.05, 4.69) is 20.8 Å². The second kappa shape index (κ2) is 27.2. The Kier molecular flexibility index (Phi) is 26.5. The summed E-state index contributed by atoms with van der Waals surface area (Å²) < 4.78 is 11.1. The number of nitrogens with zero attached hydrogens (tertiary/aromatic N) is 1. The highest BCUT2D eigenvalue weighted by atomic mass is 16.6. The van der Waals surface area contributed by atoms with Crippen LogP contribution in [-0.2, 0) is 9.47 Å². The third-order valence-electron chi connectivity index (χ3n) is 7.00. The van der Waals surface area contributed by atoms with Crippen LogP contribution >= 0.6 is 0 Å². The molecule has 0 fully saturated rings. The molecule has 1 amide bonds. The van der Waals surface area contributed by atoms with Gasteiger partial charge in [0.05, 0.1) is 32.5 Å². The molecule has 0 aliphatic rings. The Morgan fingerprint density at radius 3 is 1.78 bits per heavy atom. The van der Waals surface area contributed by atoms with Crippen molar-refractivity contribution in [1.29, 1.82) is 0 Å². The van der Waals surface area contributed by atoms with Crippen molar-refractivity contribution >= 4 is 6.09 Å². The minimum Gasteiger partial charge on any atom is -0.449 e. The fourth-order valence-corrected chi connectivity index (χ4v) is 4.48. The highest BCUT2D eigenvalue weighted by Crippen LogP contribution is 2.14. The molecule has 36 heavy (non-hydrogen) atoms. The summed E-state index contributed by atoms with van der Waals surface area (Å²) in [6.07, 6.45) is 21.6. The van der Waals surface area contributed by atoms with Crippen LogP contribution in [0.2, 0.25) is 0 Å². The molecule has 0 radical (unpaired) electrons. The van der Waals surface area contributed by atoms with Crippen LogP contribution in [0.5, 0.6) is 0 Å². The van der Waals surface area contributed by atoms with Crippen LogP contribution in [0.25, 0.3) is 0 Å². The van der Waals surface area contributed by atoms with Crippen molar-refractivity contribution in [2.45, 2.75) is 142 Å². The zero-order chi connectivity index (χ0) is 26.7. The lowest BCUT2D eigenvalue weighted by atomic mass is 10.0. The van der Waals surface area contributed by atoms with Crippen LogP contribution < -0.4 is 0 Å². The van der Waals surface area contributed by atoms with Crippen molar-refractivity contribution in [3.05, 3.63) is 0 Å². The first-order valence-electron chi connectivity index (χ1n) is 15.4. The number of carbonyl (C=O) groups excluding carboxylic acids is 1. The first-order chi connectivity index (χ1) is 17.6. The smallest absolute Gasteiger partial charge is 0.409 e. The molecule has 0 saturated heterocycles. The Bertz CT molecular complexity index is 463. The van der Waals surface area contributed by atoms with Gasteiger partial charge in [-0.05, 0) is 18.8 Å². The van der Waals surface area contributed by atoms with E-state index in [1.807, 2.05) is 0 Å². The topological polar surface area (TPSA) is 79.2 Å². The average Bonchev–Trinajstić information content (AvgIpc) is 2.88. The zero-order valence-corrected chi connectivity index (χ0v) is 24.2. The number of aliphatic hydroxyl groups excluding tert-OH is 2. The van der Waals surface area contributed by atoms with Gasteiger partial charge in [-0.25, -0.2) is 4.79 Å². The third-order valence-corrected chi connectivity index (χ3v) is 7.00. The molecule has 0 rings (SSSR count). The highest BCUT2D eigenvalue weighted by Gasteiger charge is 2.20. The van der Waals surface area contributed by atoms with Gasteiger partial charge in [0.15, 0.2) is 0 Å². The molecule has 0 aliphatic carbocycles. The second-order valence-corrected chi connectivity index (χ2v) is 10.5. The molecule has 2 unspecified atom stereocenters. The van der Waals surface area contributed by atoms with Crippen LogP contribution in [-0.4, -0.2) is 66.8 Å². The summed E-state index contributed by atoms with van der Waals surface area (Å²) in [6, 6.07) is 0. The number of aliphatic hydroxyl groups is 2. The monoisotopic (exact) mass is 515 g/mol. The van der Waals surface area contributed by atoms with Gasteiger partial charge in [0.1, 0.15) is 0 Å². The molecule has 0 bridgehead atoms. The molecule has 6 heteroatoms. The number of ether oxygens (including phenoxy) is 2. The molecule has 6 nitrogen and oxygen atoms in total. The Morgan fingerprint density at radius 2 is 1.28 bits per heavy atom. The lowest BCUT2D eigenvalue weighted by molar-refractivity contribution is 0.00851. The minimum absolute atomic E-state index is 0.115. The number of hydrogen-bond acceptors (Lipinski definition) is 5. The van der Waals surface area contributed by atoms with Gasteiger partial charge in [-0.3, -0.25) is 0 Å². The van der Waals surface area contributed by atoms with E-state index in [1.54, 1.807) is 0 Å². The molecule has 0 aromatic rings. The van der Waals surface area contributed by atoms with Crippen molar-refractivity contribution in [2.24, 2.45) is 5.92 Å². The van der Waals surface area contributed by atoms with Crippen LogP contribution in [0, 0.1) is 5.92 Å². The van der Waals surface area contributed by atoms with Gasteiger partial charge in [-0.1, -0.05) is 124 Å². The van der Waals surface area contributed by atoms with Crippen LogP contribution in [0.1, 0.15) is 136 Å². The van der Waals surface area contributed by atoms with Gasteiger partial charge >= 0.3 is 6.09 Å². The molecule has 0 spiro atoms. The van der Waals surface area contributed by atoms with Gasteiger partial charge in [0.2, 0.25) is 0 Å². The lowest BCUT2D eigenvalue weighted by Gasteiger charge is -2.25. The summed E-state index contributed by atoms with van der Waals surface area (Å²) in [6.45, 7) is 7.87. The second-order valence-electron chi connectivity index (χ2n) is 10.5. The molecule has 2 atom stereocenters. The SMILES string of the molecule is CCCCCCCCCCCCCCCCOCC(O)CN(CCO)C(=O)OCC(CC)CCCC. The Balaban J connectivity index is 3.74. The molecule has 0 aromatic heterocycles. The summed E-state index contributed by atoms with van der Waals surface area (Å²) >= 11 is 0. The van der Waals surface area contributed by atoms with Crippen molar-refractivity contribution in [3.8, 4) is 0 Å². The first kappa shape index (κ1) is 35.2. The maximum Gasteiger partial charge on any atom is 0.409 e. The van der Waals surface area contributed by atoms with Gasteiger partial charge in [-0.15, -0.1) is 0 Å². The Morgan fingerprint density at radius 1 is 0.750 bits per heavy atom. The number of unbranched alkanes of at least 4 members (excludes halogenated alkanes) is 14. The average molecular weight is 516 g/mol. The summed E-state index contributed by atoms with van der Waals surface area (Å²) in [5.41, 5.74) is 0. The summed E-state index contributed by atoms with van der Waals surface area (Å²) in [4.78, 5) is 13.8. The van der Waals surface area contributed by atoms with E-state index < -0.39 is 12.2 Å². The van der Waals surface area contributed by atoms with E-state index in [0.717, 1.165) is 38.5 Å². The fraction of sp³-hybridized carbons (Fsp3) is 0.967. The molecule has 0 saturated carbocycles. The maximum absolute atomic E-state index is 12.4. The number of carbonyl (C=O) groups is 1. The zero-order valence-electron chi connectivity index (χ0n) is 24.2. The predicted molar refractivity (Wildman–Crippen MR) is 150 cm³/mol. The summed E-state index contributed by atoms with van der Waals surface area (Å²) in [5.74, 6) is 0.364. The predicted octanol–water partition coefficient (Wildman–Crippen LogP) is 7.49. The van der Waals surface area contributed by atoms with Crippen molar-refractivity contribution < 1.29 is 24.5 Å². The van der Waals surface area contributed by atoms with Gasteiger partial charge < -0.3 is 24.6 Å². The normalized spacial score (nSPS) is 13.0. The first-order valence-corrected chi connectivity index (χ1v) is 15.4. The minimum atomic E-state index is -0.780. The van der Waals surface area contributed by atoms with E-state index in [1.165, 1.54) is 81.9 Å². The largest absolute Gasteiger partial charge is 0.449 e. The van der Waals surface area contributed by atoms with Crippen LogP contribution in [0.15, 0.2) is 0 Å². The number of rotatable bonds is 27. The molecule has 2 N–H and O–H groups in total. The molecule has 0 heterocycles. The molecular formula is C30H61NO5. The van der Waals surface area contributed by atoms with E-state index in [9.17, 15) is 15.0 Å². The van der Waals surface area contributed by atoms with E-state index in [-0.39, 0.29) is 26.3 Å². The van der Waals surface area contributed by atoms with Crippen molar-refractivity contribution in [3.63, 3.8) is 0 Å². The quantitative estimate of drug-likeness (QED) is 0.111. The van der Waals surface area contributed by atoms with Gasteiger partial charge in [-0.2, -0.15) is 0 Å². The maximum atomic E-state index is 12.4. The van der Waals surface area contributed by atoms with E-state index in [0.29, 0.717) is 19.1 Å². The van der Waals surface area contributed by atoms with E-state index >= 15 is 0 Å². The fourth-order valence-electron chi connectivity index (χ4n) is 4.48. The molecule has 216 valence electrons. The molecular weight excluding hydrogens is 454 g/mol. The standard InChI is InChI=1S/C30H61NO5/c1-4-7-9-10-11-12-13-14-15-16-17-18-19-20-24-35-27-29(33)25-31(22-23-32)30(34)36-26-28(6-3)21-8-5-2/h28-29,32-33H,4-27H2,1-3H3. The van der Waals surface area contributed by atoms with Crippen LogP contribution in [0.3, 0.4) is 0 Å². The molecule has 0 aromatic carbocycles. The third kappa shape index (κ3) is 22.4. The Hall–Kier alpha value is -0.850. The van der Waals surface area contributed by atoms with Gasteiger partial charge in [0.25, 0.3) is 0 Å². The summed E-state index contributed by atoms with van der Waals surface area (Å²) in [7, 11) is 0. The van der Waals surface area contributed by atoms with E-state index in [4.69, 9.17) is 9.47 Å². The van der Waals surface area contributed by atoms with Crippen LogP contribution in [0.4, 0.5) is 4.79 Å².